The number of benzene rings is 9. The molecule has 9 aromatic carbocycles. The molecule has 0 radical (unpaired) electrons. The zero-order chi connectivity index (χ0) is 56.8. The van der Waals surface area contributed by atoms with Crippen molar-refractivity contribution in [3.8, 4) is 67.2 Å². The van der Waals surface area contributed by atoms with Crippen molar-refractivity contribution in [3.63, 3.8) is 0 Å². The van der Waals surface area contributed by atoms with Gasteiger partial charge in [0.05, 0.1) is 0 Å². The number of hydrogen-bond donors (Lipinski definition) is 0. The van der Waals surface area contributed by atoms with Crippen LogP contribution in [0, 0.1) is 38.8 Å². The van der Waals surface area contributed by atoms with Crippen LogP contribution in [0.4, 0.5) is 0 Å². The van der Waals surface area contributed by atoms with Crippen LogP contribution in [0.3, 0.4) is 0 Å². The van der Waals surface area contributed by atoms with E-state index >= 15 is 0 Å². The molecule has 12 aromatic rings. The first kappa shape index (κ1) is 38.5. The van der Waals surface area contributed by atoms with E-state index in [0.717, 1.165) is 114 Å². The van der Waals surface area contributed by atoms with Crippen molar-refractivity contribution >= 4 is 32.3 Å². The first-order valence-corrected chi connectivity index (χ1v) is 24.5. The largest absolute Gasteiger partial charge is 3.00 e. The minimum atomic E-state index is -2.28. The summed E-state index contributed by atoms with van der Waals surface area (Å²) >= 11 is 0. The molecule has 0 aliphatic rings. The second-order valence-corrected chi connectivity index (χ2v) is 18.6. The van der Waals surface area contributed by atoms with Gasteiger partial charge in [-0.3, -0.25) is 0 Å². The summed E-state index contributed by atoms with van der Waals surface area (Å²) in [5.74, 6) is 0. The molecule has 0 bridgehead atoms. The van der Waals surface area contributed by atoms with Crippen molar-refractivity contribution in [3.05, 3.63) is 270 Å². The summed E-state index contributed by atoms with van der Waals surface area (Å²) < 4.78 is 70.9. The second-order valence-electron chi connectivity index (χ2n) is 18.6. The minimum Gasteiger partial charge on any atom is -0.305 e. The van der Waals surface area contributed by atoms with E-state index in [1.54, 1.807) is 30.3 Å². The summed E-state index contributed by atoms with van der Waals surface area (Å²) in [6.07, 6.45) is 7.32. The average Bonchev–Trinajstić information content (AvgIpc) is 2.34. The Labute approximate surface area is 460 Å². The van der Waals surface area contributed by atoms with Crippen LogP contribution in [0.1, 0.15) is 51.3 Å². The molecule has 0 saturated carbocycles. The maximum Gasteiger partial charge on any atom is 3.00 e. The monoisotopic (exact) mass is 1140 g/mol. The van der Waals surface area contributed by atoms with Crippen LogP contribution in [-0.4, -0.2) is 15.0 Å². The number of rotatable bonds is 12. The van der Waals surface area contributed by atoms with Crippen LogP contribution < -0.4 is 0 Å². The minimum absolute atomic E-state index is 0. The Kier molecular flexibility index (Phi) is 11.0. The Morgan fingerprint density at radius 2 is 0.892 bits per heavy atom. The van der Waals surface area contributed by atoms with Gasteiger partial charge in [-0.05, 0) is 134 Å². The summed E-state index contributed by atoms with van der Waals surface area (Å²) in [5.41, 5.74) is 15.3. The third-order valence-electron chi connectivity index (χ3n) is 13.9. The summed E-state index contributed by atoms with van der Waals surface area (Å²) in [4.78, 5) is 13.5. The first-order valence-electron chi connectivity index (χ1n) is 29.0. The third-order valence-corrected chi connectivity index (χ3v) is 13.9. The van der Waals surface area contributed by atoms with Gasteiger partial charge in [-0.1, -0.05) is 169 Å². The van der Waals surface area contributed by atoms with Crippen LogP contribution in [-0.2, 0) is 45.8 Å². The molecule has 3 aromatic heterocycles. The Balaban J connectivity index is 0.00000721. The Hall–Kier alpha value is -8.14. The van der Waals surface area contributed by atoms with Crippen molar-refractivity contribution in [1.82, 2.24) is 15.0 Å². The van der Waals surface area contributed by atoms with Crippen molar-refractivity contribution in [2.45, 2.75) is 46.2 Å². The fourth-order valence-electron chi connectivity index (χ4n) is 10.2. The zero-order valence-corrected chi connectivity index (χ0v) is 42.6. The Morgan fingerprint density at radius 1 is 0.351 bits per heavy atom. The van der Waals surface area contributed by atoms with Crippen molar-refractivity contribution in [1.29, 1.82) is 0 Å². The van der Waals surface area contributed by atoms with Gasteiger partial charge >= 0.3 is 20.1 Å². The van der Waals surface area contributed by atoms with Crippen LogP contribution >= 0.6 is 0 Å². The van der Waals surface area contributed by atoms with Gasteiger partial charge in [-0.2, -0.15) is 0 Å². The molecule has 0 amide bonds. The Morgan fingerprint density at radius 3 is 1.47 bits per heavy atom. The Bertz CT molecular complexity index is 4290. The van der Waals surface area contributed by atoms with Crippen molar-refractivity contribution in [2.24, 2.45) is 0 Å². The predicted octanol–water partition coefficient (Wildman–Crippen LogP) is 17.2. The van der Waals surface area contributed by atoms with Crippen LogP contribution in [0.5, 0.6) is 0 Å². The van der Waals surface area contributed by atoms with Gasteiger partial charge in [0.25, 0.3) is 0 Å². The molecule has 3 nitrogen and oxygen atoms in total. The molecule has 12 rings (SSSR count). The van der Waals surface area contributed by atoms with E-state index in [9.17, 15) is 0 Å². The molecule has 4 heteroatoms. The molecule has 0 aliphatic carbocycles. The summed E-state index contributed by atoms with van der Waals surface area (Å²) in [7, 11) is 0. The molecule has 0 fully saturated rings. The van der Waals surface area contributed by atoms with Gasteiger partial charge < -0.3 is 15.0 Å². The molecular weight excluding hydrogens is 1080 g/mol. The number of aryl methyl sites for hydroxylation is 7. The van der Waals surface area contributed by atoms with Gasteiger partial charge in [0, 0.05) is 30.9 Å². The maximum absolute atomic E-state index is 7.99. The van der Waals surface area contributed by atoms with Crippen molar-refractivity contribution in [2.75, 3.05) is 0 Å². The molecular formula is C70H52IrN3. The number of aromatic nitrogens is 3. The molecule has 3 heterocycles. The number of fused-ring (bicyclic) bond motifs is 6. The topological polar surface area (TPSA) is 38.7 Å². The summed E-state index contributed by atoms with van der Waals surface area (Å²) in [5, 5.41) is 7.03. The fraction of sp³-hybridized carbons (Fsp3) is 0.100. The van der Waals surface area contributed by atoms with Gasteiger partial charge in [-0.25, -0.2) is 0 Å². The quantitative estimate of drug-likeness (QED) is 0.0904. The van der Waals surface area contributed by atoms with Gasteiger partial charge in [0.1, 0.15) is 0 Å². The number of nitrogens with zero attached hydrogens (tertiary/aromatic N) is 3. The van der Waals surface area contributed by atoms with E-state index in [0.29, 0.717) is 17.1 Å². The third kappa shape index (κ3) is 10.00. The fourth-order valence-corrected chi connectivity index (χ4v) is 10.2. The molecule has 0 aliphatic heterocycles. The zero-order valence-electron chi connectivity index (χ0n) is 49.2. The van der Waals surface area contributed by atoms with E-state index in [-0.39, 0.29) is 36.8 Å². The first-order chi connectivity index (χ1) is 39.5. The van der Waals surface area contributed by atoms with E-state index in [1.807, 2.05) is 30.3 Å². The SMILES string of the molecule is [2H]C([2H])([2H])c1ccc(-c2[c-]cc(CCc3cc(CCc4c[c-]c(-c5cc(C([2H])([2H])[2H])ccn5)cc4)cc(-c4ccccc4-c4c[c-]c(-c5ccc(C([2H])([2H])[2H])cn5)cc4-c4ccc5c6ccccc6c6ccccc6c5c4)c3)cc2)nc1.[Ir+3]. The molecule has 0 N–H and O–H groups in total. The van der Waals surface area contributed by atoms with Gasteiger partial charge in [-0.15, -0.1) is 94.5 Å². The molecule has 356 valence electrons. The molecule has 74 heavy (non-hydrogen) atoms. The predicted molar refractivity (Wildman–Crippen MR) is 303 cm³/mol. The van der Waals surface area contributed by atoms with Crippen LogP contribution in [0.25, 0.3) is 99.5 Å². The van der Waals surface area contributed by atoms with Crippen molar-refractivity contribution < 1.29 is 32.4 Å². The molecule has 0 saturated heterocycles. The molecule has 0 atom stereocenters. The number of pyridine rings is 3. The smallest absolute Gasteiger partial charge is 0.305 e. The van der Waals surface area contributed by atoms with E-state index in [1.165, 1.54) is 40.8 Å². The second kappa shape index (κ2) is 21.1. The van der Waals surface area contributed by atoms with E-state index < -0.39 is 20.6 Å². The summed E-state index contributed by atoms with van der Waals surface area (Å²) in [6.45, 7) is -6.75. The molecule has 0 unspecified atom stereocenters. The van der Waals surface area contributed by atoms with Crippen LogP contribution in [0.15, 0.2) is 213 Å². The van der Waals surface area contributed by atoms with E-state index in [4.69, 9.17) is 12.3 Å². The normalized spacial score (nSPS) is 13.6. The van der Waals surface area contributed by atoms with Crippen LogP contribution in [0.2, 0.25) is 0 Å². The maximum atomic E-state index is 7.99. The van der Waals surface area contributed by atoms with Gasteiger partial charge in [0.2, 0.25) is 0 Å². The number of hydrogen-bond acceptors (Lipinski definition) is 3. The van der Waals surface area contributed by atoms with E-state index in [2.05, 4.69) is 161 Å². The van der Waals surface area contributed by atoms with Gasteiger partial charge in [0.15, 0.2) is 0 Å². The molecule has 0 spiro atoms. The summed E-state index contributed by atoms with van der Waals surface area (Å²) in [6, 6.07) is 75.6. The average molecular weight is 1140 g/mol. The standard InChI is InChI=1S/C70H52N3.Ir/c1-46-36-37-71-70(38-46)54-28-24-50(25-29-54)19-21-52-39-51(20-18-49-22-26-53(27-23-49)68-34-16-47(2)44-72-68)40-57(41-52)58-10-4-5-11-59(58)64-33-31-56(69-35-17-48(3)45-73-69)43-66(64)55-30-32-65-62-14-7-6-12-60(62)61-13-8-9-15-63(61)67(65)42-55;/h4-17,22-26,28,30,32-45H,18-21H2,1-3H3;/q-3;+3/i1D3,2D3,3D3;.